The summed E-state index contributed by atoms with van der Waals surface area (Å²) in [7, 11) is 0. The van der Waals surface area contributed by atoms with Gasteiger partial charge in [0.05, 0.1) is 5.56 Å². The Morgan fingerprint density at radius 1 is 1.37 bits per heavy atom. The second kappa shape index (κ2) is 4.24. The SMILES string of the molecule is Cc1nnc(Cn2ccc3ccc(C(=O)O)cc32)o1. The van der Waals surface area contributed by atoms with E-state index in [-0.39, 0.29) is 5.56 Å². The molecule has 0 unspecified atom stereocenters. The number of rotatable bonds is 3. The van der Waals surface area contributed by atoms with Gasteiger partial charge in [-0.3, -0.25) is 0 Å². The molecule has 0 saturated carbocycles. The highest BCUT2D eigenvalue weighted by Gasteiger charge is 2.09. The van der Waals surface area contributed by atoms with Gasteiger partial charge in [-0.25, -0.2) is 4.79 Å². The van der Waals surface area contributed by atoms with Crippen molar-refractivity contribution in [3.63, 3.8) is 0 Å². The molecule has 0 bridgehead atoms. The van der Waals surface area contributed by atoms with Gasteiger partial charge in [0, 0.05) is 18.6 Å². The fourth-order valence-corrected chi connectivity index (χ4v) is 2.00. The molecular weight excluding hydrogens is 246 g/mol. The fraction of sp³-hybridized carbons (Fsp3) is 0.154. The molecule has 19 heavy (non-hydrogen) atoms. The van der Waals surface area contributed by atoms with Crippen LogP contribution >= 0.6 is 0 Å². The van der Waals surface area contributed by atoms with Crippen LogP contribution in [0.3, 0.4) is 0 Å². The van der Waals surface area contributed by atoms with Crippen molar-refractivity contribution in [1.29, 1.82) is 0 Å². The molecule has 1 aromatic carbocycles. The number of aromatic carboxylic acids is 1. The summed E-state index contributed by atoms with van der Waals surface area (Å²) in [6, 6.07) is 6.94. The molecule has 96 valence electrons. The van der Waals surface area contributed by atoms with Gasteiger partial charge in [0.15, 0.2) is 0 Å². The second-order valence-electron chi connectivity index (χ2n) is 4.24. The summed E-state index contributed by atoms with van der Waals surface area (Å²) in [5.41, 5.74) is 1.09. The lowest BCUT2D eigenvalue weighted by atomic mass is 10.2. The number of hydrogen-bond acceptors (Lipinski definition) is 4. The van der Waals surface area contributed by atoms with Crippen molar-refractivity contribution in [1.82, 2.24) is 14.8 Å². The van der Waals surface area contributed by atoms with Crippen LogP contribution in [0.2, 0.25) is 0 Å². The van der Waals surface area contributed by atoms with Crippen molar-refractivity contribution < 1.29 is 14.3 Å². The molecule has 0 aliphatic rings. The number of fused-ring (bicyclic) bond motifs is 1. The van der Waals surface area contributed by atoms with Crippen molar-refractivity contribution >= 4 is 16.9 Å². The zero-order valence-electron chi connectivity index (χ0n) is 10.2. The zero-order chi connectivity index (χ0) is 13.4. The van der Waals surface area contributed by atoms with E-state index in [0.29, 0.717) is 18.3 Å². The molecule has 0 fully saturated rings. The summed E-state index contributed by atoms with van der Waals surface area (Å²) in [6.07, 6.45) is 1.87. The molecule has 0 atom stereocenters. The van der Waals surface area contributed by atoms with Gasteiger partial charge >= 0.3 is 5.97 Å². The van der Waals surface area contributed by atoms with E-state index in [0.717, 1.165) is 10.9 Å². The number of benzene rings is 1. The molecule has 2 heterocycles. The van der Waals surface area contributed by atoms with Crippen molar-refractivity contribution in [3.05, 3.63) is 47.8 Å². The highest BCUT2D eigenvalue weighted by molar-refractivity contribution is 5.93. The third-order valence-corrected chi connectivity index (χ3v) is 2.89. The Bertz CT molecular complexity index is 757. The molecule has 6 nitrogen and oxygen atoms in total. The molecule has 0 aliphatic carbocycles. The van der Waals surface area contributed by atoms with Crippen LogP contribution in [-0.4, -0.2) is 25.8 Å². The molecule has 1 N–H and O–H groups in total. The van der Waals surface area contributed by atoms with E-state index in [4.69, 9.17) is 9.52 Å². The quantitative estimate of drug-likeness (QED) is 0.776. The lowest BCUT2D eigenvalue weighted by molar-refractivity contribution is 0.0697. The van der Waals surface area contributed by atoms with E-state index in [1.807, 2.05) is 16.8 Å². The average Bonchev–Trinajstić information content (AvgIpc) is 2.96. The van der Waals surface area contributed by atoms with Gasteiger partial charge in [-0.05, 0) is 23.6 Å². The van der Waals surface area contributed by atoms with Crippen molar-refractivity contribution in [2.45, 2.75) is 13.5 Å². The summed E-state index contributed by atoms with van der Waals surface area (Å²) in [6.45, 7) is 2.15. The number of nitrogens with zero attached hydrogens (tertiary/aromatic N) is 3. The van der Waals surface area contributed by atoms with Crippen molar-refractivity contribution in [2.75, 3.05) is 0 Å². The Hall–Kier alpha value is -2.63. The minimum Gasteiger partial charge on any atom is -0.478 e. The molecule has 0 radical (unpaired) electrons. The van der Waals surface area contributed by atoms with Crippen LogP contribution in [0.1, 0.15) is 22.1 Å². The maximum Gasteiger partial charge on any atom is 0.335 e. The molecule has 0 amide bonds. The van der Waals surface area contributed by atoms with Crippen LogP contribution in [0.25, 0.3) is 10.9 Å². The molecule has 3 rings (SSSR count). The predicted molar refractivity (Wildman–Crippen MR) is 67.0 cm³/mol. The Morgan fingerprint density at radius 2 is 2.21 bits per heavy atom. The molecule has 2 aromatic heterocycles. The number of carboxylic acids is 1. The number of hydrogen-bond donors (Lipinski definition) is 1. The maximum absolute atomic E-state index is 11.0. The Kier molecular flexibility index (Phi) is 2.56. The molecular formula is C13H11N3O3. The minimum atomic E-state index is -0.941. The molecule has 0 aliphatic heterocycles. The summed E-state index contributed by atoms with van der Waals surface area (Å²) >= 11 is 0. The molecule has 0 saturated heterocycles. The summed E-state index contributed by atoms with van der Waals surface area (Å²) in [4.78, 5) is 11.0. The van der Waals surface area contributed by atoms with Gasteiger partial charge in [0.25, 0.3) is 0 Å². The zero-order valence-corrected chi connectivity index (χ0v) is 10.2. The monoisotopic (exact) mass is 257 g/mol. The normalized spacial score (nSPS) is 11.0. The van der Waals surface area contributed by atoms with Gasteiger partial charge < -0.3 is 14.1 Å². The van der Waals surface area contributed by atoms with Gasteiger partial charge in [-0.1, -0.05) is 6.07 Å². The van der Waals surface area contributed by atoms with Gasteiger partial charge in [0.1, 0.15) is 6.54 Å². The summed E-state index contributed by atoms with van der Waals surface area (Å²) < 4.78 is 7.21. The number of aromatic nitrogens is 3. The van der Waals surface area contributed by atoms with Crippen molar-refractivity contribution in [2.24, 2.45) is 0 Å². The molecule has 6 heteroatoms. The van der Waals surface area contributed by atoms with Crippen LogP contribution in [0.15, 0.2) is 34.9 Å². The number of aryl methyl sites for hydroxylation is 1. The van der Waals surface area contributed by atoms with Crippen LogP contribution in [-0.2, 0) is 6.54 Å². The van der Waals surface area contributed by atoms with E-state index in [1.165, 1.54) is 0 Å². The molecule has 0 spiro atoms. The van der Waals surface area contributed by atoms with Crippen LogP contribution in [0, 0.1) is 6.92 Å². The third kappa shape index (κ3) is 2.08. The van der Waals surface area contributed by atoms with Gasteiger partial charge in [-0.2, -0.15) is 0 Å². The van der Waals surface area contributed by atoms with E-state index >= 15 is 0 Å². The van der Waals surface area contributed by atoms with Crippen LogP contribution in [0.5, 0.6) is 0 Å². The first-order valence-electron chi connectivity index (χ1n) is 5.74. The van der Waals surface area contributed by atoms with Gasteiger partial charge in [0.2, 0.25) is 11.8 Å². The first-order chi connectivity index (χ1) is 9.13. The maximum atomic E-state index is 11.0. The lowest BCUT2D eigenvalue weighted by Gasteiger charge is -2.02. The van der Waals surface area contributed by atoms with E-state index in [9.17, 15) is 4.79 Å². The predicted octanol–water partition coefficient (Wildman–Crippen LogP) is 2.08. The first-order valence-corrected chi connectivity index (χ1v) is 5.74. The standard InChI is InChI=1S/C13H11N3O3/c1-8-14-15-12(19-8)7-16-5-4-9-2-3-10(13(17)18)6-11(9)16/h2-6H,7H2,1H3,(H,17,18). The molecule has 3 aromatic rings. The first kappa shape index (κ1) is 11.5. The Morgan fingerprint density at radius 3 is 2.89 bits per heavy atom. The smallest absolute Gasteiger partial charge is 0.335 e. The van der Waals surface area contributed by atoms with E-state index in [2.05, 4.69) is 10.2 Å². The van der Waals surface area contributed by atoms with Crippen molar-refractivity contribution in [3.8, 4) is 0 Å². The second-order valence-corrected chi connectivity index (χ2v) is 4.24. The summed E-state index contributed by atoms with van der Waals surface area (Å²) in [5.74, 6) is 0.0664. The average molecular weight is 257 g/mol. The van der Waals surface area contributed by atoms with E-state index in [1.54, 1.807) is 25.1 Å². The largest absolute Gasteiger partial charge is 0.478 e. The Labute approximate surface area is 108 Å². The number of carbonyl (C=O) groups is 1. The highest BCUT2D eigenvalue weighted by Crippen LogP contribution is 2.19. The van der Waals surface area contributed by atoms with Crippen LogP contribution < -0.4 is 0 Å². The number of carboxylic acid groups (broad SMARTS) is 1. The highest BCUT2D eigenvalue weighted by atomic mass is 16.4. The van der Waals surface area contributed by atoms with Crippen LogP contribution in [0.4, 0.5) is 0 Å². The minimum absolute atomic E-state index is 0.258. The topological polar surface area (TPSA) is 81.2 Å². The Balaban J connectivity index is 2.03. The summed E-state index contributed by atoms with van der Waals surface area (Å²) in [5, 5.41) is 17.7. The van der Waals surface area contributed by atoms with E-state index < -0.39 is 5.97 Å². The third-order valence-electron chi connectivity index (χ3n) is 2.89. The lowest BCUT2D eigenvalue weighted by Crippen LogP contribution is -2.00. The van der Waals surface area contributed by atoms with Gasteiger partial charge in [-0.15, -0.1) is 10.2 Å². The fourth-order valence-electron chi connectivity index (χ4n) is 2.00.